The van der Waals surface area contributed by atoms with Gasteiger partial charge in [0.05, 0.1) is 6.61 Å². The van der Waals surface area contributed by atoms with Gasteiger partial charge in [0.2, 0.25) is 0 Å². The smallest absolute Gasteiger partial charge is 0.119 e. The molecule has 1 aromatic carbocycles. The maximum atomic E-state index is 6.00. The van der Waals surface area contributed by atoms with Crippen LogP contribution in [0.1, 0.15) is 39.3 Å². The number of nitrogens with two attached hydrogens (primary N) is 1. The first-order valence-electron chi connectivity index (χ1n) is 7.29. The number of nitrogens with zero attached hydrogens (tertiary/aromatic N) is 1. The second-order valence-electron chi connectivity index (χ2n) is 5.24. The van der Waals surface area contributed by atoms with E-state index in [1.807, 2.05) is 19.1 Å². The molecule has 1 aromatic rings. The molecular weight excluding hydrogens is 236 g/mol. The Balaban J connectivity index is 2.90. The highest BCUT2D eigenvalue weighted by Gasteiger charge is 2.18. The Morgan fingerprint density at radius 3 is 2.53 bits per heavy atom. The Hall–Kier alpha value is -1.06. The van der Waals surface area contributed by atoms with Crippen LogP contribution in [-0.4, -0.2) is 31.1 Å². The minimum atomic E-state index is 0.271. The Morgan fingerprint density at radius 1 is 1.26 bits per heavy atom. The number of likely N-dealkylation sites (N-methyl/N-ethyl adjacent to an activating group) is 1. The molecule has 0 amide bonds. The van der Waals surface area contributed by atoms with Crippen LogP contribution in [0.5, 0.6) is 5.75 Å². The van der Waals surface area contributed by atoms with Gasteiger partial charge in [-0.2, -0.15) is 0 Å². The molecule has 0 aliphatic rings. The molecule has 0 fully saturated rings. The zero-order chi connectivity index (χ0) is 14.3. The lowest BCUT2D eigenvalue weighted by Crippen LogP contribution is -2.36. The molecule has 2 N–H and O–H groups in total. The van der Waals surface area contributed by atoms with Crippen molar-refractivity contribution in [2.45, 2.75) is 33.7 Å². The fourth-order valence-electron chi connectivity index (χ4n) is 2.42. The van der Waals surface area contributed by atoms with Gasteiger partial charge in [0.15, 0.2) is 0 Å². The lowest BCUT2D eigenvalue weighted by molar-refractivity contribution is 0.189. The van der Waals surface area contributed by atoms with E-state index in [4.69, 9.17) is 10.5 Å². The maximum absolute atomic E-state index is 6.00. The molecular formula is C16H28N2O. The Morgan fingerprint density at radius 2 is 2.00 bits per heavy atom. The molecule has 1 rings (SSSR count). The van der Waals surface area contributed by atoms with Crippen LogP contribution in [0.25, 0.3) is 0 Å². The van der Waals surface area contributed by atoms with Crippen molar-refractivity contribution in [1.82, 2.24) is 4.90 Å². The van der Waals surface area contributed by atoms with E-state index < -0.39 is 0 Å². The molecule has 1 unspecified atom stereocenters. The van der Waals surface area contributed by atoms with Crippen LogP contribution in [0.4, 0.5) is 0 Å². The zero-order valence-corrected chi connectivity index (χ0v) is 12.7. The van der Waals surface area contributed by atoms with E-state index >= 15 is 0 Å². The summed E-state index contributed by atoms with van der Waals surface area (Å²) in [4.78, 5) is 2.44. The maximum Gasteiger partial charge on any atom is 0.119 e. The molecule has 0 spiro atoms. The van der Waals surface area contributed by atoms with Crippen LogP contribution in [0, 0.1) is 5.92 Å². The average molecular weight is 264 g/mol. The summed E-state index contributed by atoms with van der Waals surface area (Å²) in [6.45, 7) is 12.1. The van der Waals surface area contributed by atoms with Gasteiger partial charge in [-0.15, -0.1) is 0 Å². The summed E-state index contributed by atoms with van der Waals surface area (Å²) in [6, 6.07) is 8.58. The predicted molar refractivity (Wildman–Crippen MR) is 81.5 cm³/mol. The van der Waals surface area contributed by atoms with Gasteiger partial charge in [0, 0.05) is 19.1 Å². The first-order chi connectivity index (χ1) is 9.12. The van der Waals surface area contributed by atoms with Gasteiger partial charge in [-0.3, -0.25) is 4.90 Å². The molecule has 108 valence electrons. The molecule has 0 aliphatic carbocycles. The highest BCUT2D eigenvalue weighted by Crippen LogP contribution is 2.24. The molecule has 19 heavy (non-hydrogen) atoms. The van der Waals surface area contributed by atoms with Gasteiger partial charge >= 0.3 is 0 Å². The van der Waals surface area contributed by atoms with E-state index in [2.05, 4.69) is 37.8 Å². The van der Waals surface area contributed by atoms with Gasteiger partial charge in [0.1, 0.15) is 5.75 Å². The third kappa shape index (κ3) is 4.84. The van der Waals surface area contributed by atoms with E-state index in [0.29, 0.717) is 19.1 Å². The first-order valence-corrected chi connectivity index (χ1v) is 7.29. The Labute approximate surface area is 117 Å². The summed E-state index contributed by atoms with van der Waals surface area (Å²) in [7, 11) is 0. The molecule has 0 saturated carbocycles. The summed E-state index contributed by atoms with van der Waals surface area (Å²) >= 11 is 0. The third-order valence-electron chi connectivity index (χ3n) is 3.22. The average Bonchev–Trinajstić information content (AvgIpc) is 2.39. The summed E-state index contributed by atoms with van der Waals surface area (Å²) in [5.74, 6) is 1.57. The van der Waals surface area contributed by atoms with E-state index in [1.165, 1.54) is 5.56 Å². The van der Waals surface area contributed by atoms with E-state index in [-0.39, 0.29) is 6.04 Å². The monoisotopic (exact) mass is 264 g/mol. The molecule has 1 atom stereocenters. The van der Waals surface area contributed by atoms with Crippen LogP contribution in [-0.2, 0) is 0 Å². The molecule has 0 aromatic heterocycles. The van der Waals surface area contributed by atoms with Crippen molar-refractivity contribution >= 4 is 0 Å². The molecule has 0 bridgehead atoms. The van der Waals surface area contributed by atoms with Crippen molar-refractivity contribution in [2.75, 3.05) is 26.2 Å². The van der Waals surface area contributed by atoms with Crippen molar-refractivity contribution in [3.8, 4) is 5.75 Å². The van der Waals surface area contributed by atoms with E-state index in [9.17, 15) is 0 Å². The number of hydrogen-bond donors (Lipinski definition) is 1. The predicted octanol–water partition coefficient (Wildman–Crippen LogP) is 3.06. The van der Waals surface area contributed by atoms with Crippen LogP contribution >= 0.6 is 0 Å². The van der Waals surface area contributed by atoms with Crippen LogP contribution in [0.2, 0.25) is 0 Å². The number of hydrogen-bond acceptors (Lipinski definition) is 3. The van der Waals surface area contributed by atoms with Gasteiger partial charge in [-0.05, 0) is 37.1 Å². The lowest BCUT2D eigenvalue weighted by Gasteiger charge is -2.31. The summed E-state index contributed by atoms with van der Waals surface area (Å²) < 4.78 is 5.58. The third-order valence-corrected chi connectivity index (χ3v) is 3.22. The molecule has 0 heterocycles. The van der Waals surface area contributed by atoms with Crippen molar-refractivity contribution < 1.29 is 4.74 Å². The van der Waals surface area contributed by atoms with Gasteiger partial charge in [-0.25, -0.2) is 0 Å². The van der Waals surface area contributed by atoms with Crippen molar-refractivity contribution in [1.29, 1.82) is 0 Å². The Kier molecular flexibility index (Phi) is 6.89. The van der Waals surface area contributed by atoms with Gasteiger partial charge in [-0.1, -0.05) is 32.9 Å². The second kappa shape index (κ2) is 8.18. The highest BCUT2D eigenvalue weighted by molar-refractivity contribution is 5.31. The van der Waals surface area contributed by atoms with Crippen LogP contribution in [0.3, 0.4) is 0 Å². The minimum Gasteiger partial charge on any atom is -0.494 e. The summed E-state index contributed by atoms with van der Waals surface area (Å²) in [6.07, 6.45) is 0. The molecule has 0 radical (unpaired) electrons. The van der Waals surface area contributed by atoms with Gasteiger partial charge < -0.3 is 10.5 Å². The first kappa shape index (κ1) is 16.0. The summed E-state index contributed by atoms with van der Waals surface area (Å²) in [5.41, 5.74) is 7.24. The fraction of sp³-hybridized carbons (Fsp3) is 0.625. The van der Waals surface area contributed by atoms with Crippen molar-refractivity contribution in [3.05, 3.63) is 29.8 Å². The fourth-order valence-corrected chi connectivity index (χ4v) is 2.42. The second-order valence-corrected chi connectivity index (χ2v) is 5.24. The molecule has 3 heteroatoms. The molecule has 0 aliphatic heterocycles. The highest BCUT2D eigenvalue weighted by atomic mass is 16.5. The van der Waals surface area contributed by atoms with E-state index in [1.54, 1.807) is 0 Å². The number of benzene rings is 1. The quantitative estimate of drug-likeness (QED) is 0.784. The summed E-state index contributed by atoms with van der Waals surface area (Å²) in [5, 5.41) is 0. The zero-order valence-electron chi connectivity index (χ0n) is 12.7. The topological polar surface area (TPSA) is 38.5 Å². The number of rotatable bonds is 8. The molecule has 0 saturated heterocycles. The van der Waals surface area contributed by atoms with Crippen LogP contribution in [0.15, 0.2) is 24.3 Å². The minimum absolute atomic E-state index is 0.271. The van der Waals surface area contributed by atoms with Crippen molar-refractivity contribution in [2.24, 2.45) is 11.7 Å². The normalized spacial score (nSPS) is 13.0. The SMILES string of the molecule is CCOc1cccc(C(CN)N(CC)CC(C)C)c1. The number of ether oxygens (including phenoxy) is 1. The van der Waals surface area contributed by atoms with Gasteiger partial charge in [0.25, 0.3) is 0 Å². The van der Waals surface area contributed by atoms with Crippen LogP contribution < -0.4 is 10.5 Å². The standard InChI is InChI=1S/C16H28N2O/c1-5-18(12-13(3)4)16(11-17)14-8-7-9-15(10-14)19-6-2/h7-10,13,16H,5-6,11-12,17H2,1-4H3. The van der Waals surface area contributed by atoms with Crippen molar-refractivity contribution in [3.63, 3.8) is 0 Å². The largest absolute Gasteiger partial charge is 0.494 e. The van der Waals surface area contributed by atoms with E-state index in [0.717, 1.165) is 18.8 Å². The lowest BCUT2D eigenvalue weighted by atomic mass is 10.0. The Bertz CT molecular complexity index is 366. The molecule has 3 nitrogen and oxygen atoms in total.